The van der Waals surface area contributed by atoms with Crippen LogP contribution in [0.1, 0.15) is 11.1 Å². The SMILES string of the molecule is O=C(/C=C/c1cccc(Cl)c1)OCCN1CCN(C2=NS(=O)(=O)c3ccccc32)CC1.[Cl-]. The summed E-state index contributed by atoms with van der Waals surface area (Å²) in [6.45, 7) is 3.69. The summed E-state index contributed by atoms with van der Waals surface area (Å²) in [7, 11) is -3.61. The van der Waals surface area contributed by atoms with Crippen LogP contribution < -0.4 is 12.4 Å². The lowest BCUT2D eigenvalue weighted by molar-refractivity contribution is -0.138. The molecule has 0 saturated carbocycles. The molecule has 1 saturated heterocycles. The summed E-state index contributed by atoms with van der Waals surface area (Å²) in [6, 6.07) is 14.1. The van der Waals surface area contributed by atoms with Gasteiger partial charge in [-0.25, -0.2) is 4.79 Å². The van der Waals surface area contributed by atoms with E-state index in [0.717, 1.165) is 18.7 Å². The molecule has 4 rings (SSSR count). The van der Waals surface area contributed by atoms with Gasteiger partial charge in [-0.15, -0.1) is 4.40 Å². The molecule has 32 heavy (non-hydrogen) atoms. The van der Waals surface area contributed by atoms with Crippen molar-refractivity contribution in [2.75, 3.05) is 39.3 Å². The minimum Gasteiger partial charge on any atom is -1.00 e. The fourth-order valence-corrected chi connectivity index (χ4v) is 5.02. The van der Waals surface area contributed by atoms with Gasteiger partial charge in [-0.2, -0.15) is 8.42 Å². The largest absolute Gasteiger partial charge is 1.00 e. The summed E-state index contributed by atoms with van der Waals surface area (Å²) in [5.41, 5.74) is 1.50. The lowest BCUT2D eigenvalue weighted by Gasteiger charge is -2.35. The van der Waals surface area contributed by atoms with Gasteiger partial charge in [0.2, 0.25) is 0 Å². The highest BCUT2D eigenvalue weighted by Crippen LogP contribution is 2.27. The van der Waals surface area contributed by atoms with E-state index in [4.69, 9.17) is 16.3 Å². The van der Waals surface area contributed by atoms with Crippen LogP contribution in [0.25, 0.3) is 6.08 Å². The van der Waals surface area contributed by atoms with Gasteiger partial charge in [-0.05, 0) is 35.9 Å². The van der Waals surface area contributed by atoms with E-state index in [1.807, 2.05) is 23.1 Å². The van der Waals surface area contributed by atoms with Crippen LogP contribution in [0.2, 0.25) is 5.02 Å². The molecule has 0 radical (unpaired) electrons. The van der Waals surface area contributed by atoms with Crippen molar-refractivity contribution < 1.29 is 30.4 Å². The summed E-state index contributed by atoms with van der Waals surface area (Å²) < 4.78 is 33.8. The van der Waals surface area contributed by atoms with E-state index in [1.165, 1.54) is 6.08 Å². The van der Waals surface area contributed by atoms with E-state index < -0.39 is 16.0 Å². The van der Waals surface area contributed by atoms with Crippen LogP contribution in [0.15, 0.2) is 63.9 Å². The molecule has 2 aliphatic heterocycles. The first-order valence-corrected chi connectivity index (χ1v) is 11.8. The number of hydrogen-bond donors (Lipinski definition) is 0. The quantitative estimate of drug-likeness (QED) is 0.418. The summed E-state index contributed by atoms with van der Waals surface area (Å²) in [6.07, 6.45) is 3.06. The van der Waals surface area contributed by atoms with Crippen molar-refractivity contribution in [1.82, 2.24) is 9.80 Å². The average Bonchev–Trinajstić information content (AvgIpc) is 3.04. The summed E-state index contributed by atoms with van der Waals surface area (Å²) in [4.78, 5) is 16.4. The number of ether oxygens (including phenoxy) is 1. The van der Waals surface area contributed by atoms with Gasteiger partial charge >= 0.3 is 5.97 Å². The van der Waals surface area contributed by atoms with Gasteiger partial charge in [0, 0.05) is 49.4 Å². The second kappa shape index (κ2) is 10.5. The van der Waals surface area contributed by atoms with Crippen molar-refractivity contribution in [3.05, 3.63) is 70.8 Å². The normalized spacial score (nSPS) is 17.5. The molecule has 1 fully saturated rings. The zero-order chi connectivity index (χ0) is 21.8. The van der Waals surface area contributed by atoms with Crippen LogP contribution in [-0.4, -0.2) is 69.4 Å². The molecule has 2 heterocycles. The zero-order valence-corrected chi connectivity index (χ0v) is 19.5. The number of carbonyl (C=O) groups is 1. The number of sulfonamides is 1. The van der Waals surface area contributed by atoms with E-state index in [-0.39, 0.29) is 23.9 Å². The van der Waals surface area contributed by atoms with Gasteiger partial charge in [-0.1, -0.05) is 35.9 Å². The predicted octanol–water partition coefficient (Wildman–Crippen LogP) is -0.333. The summed E-state index contributed by atoms with van der Waals surface area (Å²) in [5, 5.41) is 0.610. The molecule has 2 aliphatic rings. The maximum absolute atomic E-state index is 12.3. The molecule has 0 spiro atoms. The number of piperazine rings is 1. The lowest BCUT2D eigenvalue weighted by Crippen LogP contribution is -3.00. The van der Waals surface area contributed by atoms with Crippen molar-refractivity contribution in [3.8, 4) is 0 Å². The molecule has 2 aromatic carbocycles. The molecule has 0 N–H and O–H groups in total. The van der Waals surface area contributed by atoms with Crippen molar-refractivity contribution in [2.24, 2.45) is 4.40 Å². The number of carbonyl (C=O) groups excluding carboxylic acids is 1. The highest BCUT2D eigenvalue weighted by molar-refractivity contribution is 7.90. The molecule has 0 atom stereocenters. The third-order valence-corrected chi connectivity index (χ3v) is 6.76. The third kappa shape index (κ3) is 5.69. The van der Waals surface area contributed by atoms with Crippen LogP contribution in [0.3, 0.4) is 0 Å². The maximum atomic E-state index is 12.3. The molecule has 0 aromatic heterocycles. The molecule has 0 aliphatic carbocycles. The summed E-state index contributed by atoms with van der Waals surface area (Å²) >= 11 is 5.92. The van der Waals surface area contributed by atoms with E-state index in [9.17, 15) is 13.2 Å². The Hall–Kier alpha value is -2.39. The highest BCUT2D eigenvalue weighted by Gasteiger charge is 2.32. The first kappa shape index (κ1) is 24.3. The maximum Gasteiger partial charge on any atom is 0.330 e. The van der Waals surface area contributed by atoms with Crippen LogP contribution in [0.5, 0.6) is 0 Å². The van der Waals surface area contributed by atoms with Gasteiger partial charge in [0.15, 0.2) is 5.84 Å². The fraction of sp³-hybridized carbons (Fsp3) is 0.273. The number of nitrogens with zero attached hydrogens (tertiary/aromatic N) is 3. The molecule has 7 nitrogen and oxygen atoms in total. The Morgan fingerprint density at radius 2 is 1.84 bits per heavy atom. The number of fused-ring (bicyclic) bond motifs is 1. The van der Waals surface area contributed by atoms with E-state index >= 15 is 0 Å². The molecule has 10 heteroatoms. The number of hydrogen-bond acceptors (Lipinski definition) is 6. The van der Waals surface area contributed by atoms with Crippen LogP contribution in [-0.2, 0) is 19.6 Å². The monoisotopic (exact) mass is 494 g/mol. The number of amidine groups is 1. The van der Waals surface area contributed by atoms with Crippen molar-refractivity contribution >= 4 is 39.5 Å². The van der Waals surface area contributed by atoms with Crippen molar-refractivity contribution in [1.29, 1.82) is 0 Å². The second-order valence-electron chi connectivity index (χ2n) is 7.27. The summed E-state index contributed by atoms with van der Waals surface area (Å²) in [5.74, 6) is 0.119. The smallest absolute Gasteiger partial charge is 0.330 e. The lowest BCUT2D eigenvalue weighted by atomic mass is 10.1. The first-order chi connectivity index (χ1) is 14.9. The van der Waals surface area contributed by atoms with E-state index in [2.05, 4.69) is 9.30 Å². The molecule has 0 amide bonds. The van der Waals surface area contributed by atoms with Gasteiger partial charge in [0.05, 0.1) is 0 Å². The standard InChI is InChI=1S/C22H22ClN3O4S.ClH/c23-18-5-3-4-17(16-18)8-9-21(27)30-15-14-25-10-12-26(13-11-25)22-19-6-1-2-7-20(19)31(28,29)24-22;/h1-9,16H,10-15H2;1H/p-1/b9-8+;. The Kier molecular flexibility index (Phi) is 7.95. The second-order valence-corrected chi connectivity index (χ2v) is 9.28. The third-order valence-electron chi connectivity index (χ3n) is 5.20. The number of benzene rings is 2. The topological polar surface area (TPSA) is 79.3 Å². The van der Waals surface area contributed by atoms with Crippen LogP contribution >= 0.6 is 11.6 Å². The molecule has 0 unspecified atom stereocenters. The Morgan fingerprint density at radius 1 is 1.09 bits per heavy atom. The molecular weight excluding hydrogens is 473 g/mol. The van der Waals surface area contributed by atoms with Crippen molar-refractivity contribution in [3.63, 3.8) is 0 Å². The molecule has 0 bridgehead atoms. The van der Waals surface area contributed by atoms with Crippen LogP contribution in [0, 0.1) is 0 Å². The average molecular weight is 495 g/mol. The minimum absolute atomic E-state index is 0. The number of rotatable bonds is 5. The Labute approximate surface area is 198 Å². The highest BCUT2D eigenvalue weighted by atomic mass is 35.5. The van der Waals surface area contributed by atoms with Crippen LogP contribution in [0.4, 0.5) is 0 Å². The van der Waals surface area contributed by atoms with E-state index in [1.54, 1.807) is 36.4 Å². The Bertz CT molecular complexity index is 1140. The minimum atomic E-state index is -3.61. The van der Waals surface area contributed by atoms with Gasteiger partial charge in [0.25, 0.3) is 10.0 Å². The molecule has 170 valence electrons. The van der Waals surface area contributed by atoms with Crippen molar-refractivity contribution in [2.45, 2.75) is 4.90 Å². The number of esters is 1. The zero-order valence-electron chi connectivity index (χ0n) is 17.2. The predicted molar refractivity (Wildman–Crippen MR) is 120 cm³/mol. The van der Waals surface area contributed by atoms with Gasteiger partial charge in [-0.3, -0.25) is 4.90 Å². The van der Waals surface area contributed by atoms with E-state index in [0.29, 0.717) is 36.1 Å². The Balaban J connectivity index is 0.00000289. The van der Waals surface area contributed by atoms with Gasteiger partial charge in [0.1, 0.15) is 11.5 Å². The first-order valence-electron chi connectivity index (χ1n) is 9.94. The number of halogens is 2. The fourth-order valence-electron chi connectivity index (χ4n) is 3.60. The molecular formula is C22H22Cl2N3O4S-. The molecule has 2 aromatic rings. The Morgan fingerprint density at radius 3 is 2.59 bits per heavy atom. The van der Waals surface area contributed by atoms with Gasteiger partial charge < -0.3 is 22.0 Å².